The van der Waals surface area contributed by atoms with Crippen molar-refractivity contribution in [3.8, 4) is 0 Å². The van der Waals surface area contributed by atoms with Crippen LogP contribution in [0, 0.1) is 0 Å². The molecule has 28 heavy (non-hydrogen) atoms. The Balaban J connectivity index is 1.71. The number of rotatable bonds is 4. The van der Waals surface area contributed by atoms with Crippen molar-refractivity contribution >= 4 is 57.8 Å². The molecule has 2 aromatic rings. The standard InChI is InChI=1S/C18H18Cl3N5O2/c1-10(11-2-4-12(5-3-11)26-6-8-28-9-7-26)24-25-18(27)16-13(19)15(22)14(20)17(21)23-16/h2-5H,6-9H2,1H3,(H2,22,23)(H,25,27)/b24-10+. The maximum absolute atomic E-state index is 12.3. The summed E-state index contributed by atoms with van der Waals surface area (Å²) in [6.07, 6.45) is 0. The Morgan fingerprint density at radius 2 is 1.82 bits per heavy atom. The number of hydrazone groups is 1. The third-order valence-electron chi connectivity index (χ3n) is 4.27. The van der Waals surface area contributed by atoms with Gasteiger partial charge in [-0.25, -0.2) is 10.4 Å². The third-order valence-corrected chi connectivity index (χ3v) is 5.41. The average Bonchev–Trinajstić information content (AvgIpc) is 2.73. The summed E-state index contributed by atoms with van der Waals surface area (Å²) >= 11 is 17.8. The van der Waals surface area contributed by atoms with E-state index in [-0.39, 0.29) is 26.6 Å². The second-order valence-electron chi connectivity index (χ2n) is 6.08. The lowest BCUT2D eigenvalue weighted by molar-refractivity contribution is 0.0950. The predicted molar refractivity (Wildman–Crippen MR) is 113 cm³/mol. The Morgan fingerprint density at radius 3 is 2.46 bits per heavy atom. The fourth-order valence-corrected chi connectivity index (χ4v) is 3.26. The van der Waals surface area contributed by atoms with E-state index < -0.39 is 5.91 Å². The molecular weight excluding hydrogens is 425 g/mol. The zero-order chi connectivity index (χ0) is 20.3. The molecule has 7 nitrogen and oxygen atoms in total. The monoisotopic (exact) mass is 441 g/mol. The Morgan fingerprint density at radius 1 is 1.18 bits per heavy atom. The van der Waals surface area contributed by atoms with E-state index in [0.717, 1.165) is 37.6 Å². The van der Waals surface area contributed by atoms with Crippen molar-refractivity contribution in [2.45, 2.75) is 6.92 Å². The van der Waals surface area contributed by atoms with Gasteiger partial charge in [-0.2, -0.15) is 5.10 Å². The lowest BCUT2D eigenvalue weighted by Gasteiger charge is -2.28. The summed E-state index contributed by atoms with van der Waals surface area (Å²) in [5, 5.41) is 3.93. The fourth-order valence-electron chi connectivity index (χ4n) is 2.67. The van der Waals surface area contributed by atoms with E-state index in [0.29, 0.717) is 5.71 Å². The van der Waals surface area contributed by atoms with Crippen molar-refractivity contribution < 1.29 is 9.53 Å². The normalized spacial score (nSPS) is 14.9. The lowest BCUT2D eigenvalue weighted by Crippen LogP contribution is -2.36. The van der Waals surface area contributed by atoms with Crippen molar-refractivity contribution in [3.05, 3.63) is 50.7 Å². The topological polar surface area (TPSA) is 92.8 Å². The highest BCUT2D eigenvalue weighted by molar-refractivity contribution is 6.46. The van der Waals surface area contributed by atoms with Gasteiger partial charge in [0.2, 0.25) is 0 Å². The van der Waals surface area contributed by atoms with Gasteiger partial charge < -0.3 is 15.4 Å². The van der Waals surface area contributed by atoms with Crippen LogP contribution in [0.4, 0.5) is 11.4 Å². The predicted octanol–water partition coefficient (Wildman–Crippen LogP) is 3.61. The number of hydrogen-bond acceptors (Lipinski definition) is 6. The molecule has 0 aliphatic carbocycles. The molecule has 0 spiro atoms. The first-order valence-electron chi connectivity index (χ1n) is 8.46. The number of amides is 1. The minimum atomic E-state index is -0.639. The quantitative estimate of drug-likeness (QED) is 0.429. The van der Waals surface area contributed by atoms with Gasteiger partial charge in [-0.15, -0.1) is 0 Å². The first-order chi connectivity index (χ1) is 13.4. The number of benzene rings is 1. The van der Waals surface area contributed by atoms with E-state index in [2.05, 4.69) is 20.4 Å². The van der Waals surface area contributed by atoms with Crippen molar-refractivity contribution in [1.82, 2.24) is 10.4 Å². The Bertz CT molecular complexity index is 912. The van der Waals surface area contributed by atoms with E-state index in [4.69, 9.17) is 45.3 Å². The number of hydrogen-bond donors (Lipinski definition) is 2. The lowest BCUT2D eigenvalue weighted by atomic mass is 10.1. The molecule has 148 valence electrons. The number of carbonyl (C=O) groups excluding carboxylic acids is 1. The molecule has 1 aliphatic heterocycles. The molecule has 0 bridgehead atoms. The maximum atomic E-state index is 12.3. The van der Waals surface area contributed by atoms with Gasteiger partial charge in [0.25, 0.3) is 5.91 Å². The zero-order valence-corrected chi connectivity index (χ0v) is 17.3. The first kappa shape index (κ1) is 20.7. The molecular formula is C18H18Cl3N5O2. The minimum Gasteiger partial charge on any atom is -0.396 e. The maximum Gasteiger partial charge on any atom is 0.291 e. The molecule has 1 fully saturated rings. The highest BCUT2D eigenvalue weighted by atomic mass is 35.5. The molecule has 0 saturated carbocycles. The third kappa shape index (κ3) is 4.50. The van der Waals surface area contributed by atoms with E-state index in [1.807, 2.05) is 24.3 Å². The number of anilines is 2. The molecule has 0 atom stereocenters. The Kier molecular flexibility index (Phi) is 6.61. The summed E-state index contributed by atoms with van der Waals surface area (Å²) < 4.78 is 5.36. The summed E-state index contributed by atoms with van der Waals surface area (Å²) in [5.74, 6) is -0.639. The van der Waals surface area contributed by atoms with E-state index >= 15 is 0 Å². The van der Waals surface area contributed by atoms with Crippen molar-refractivity contribution in [3.63, 3.8) is 0 Å². The van der Waals surface area contributed by atoms with Crippen LogP contribution < -0.4 is 16.1 Å². The highest BCUT2D eigenvalue weighted by Crippen LogP contribution is 2.34. The van der Waals surface area contributed by atoms with Gasteiger partial charge in [-0.3, -0.25) is 4.79 Å². The van der Waals surface area contributed by atoms with Crippen LogP contribution in [-0.2, 0) is 4.74 Å². The van der Waals surface area contributed by atoms with Crippen LogP contribution in [0.15, 0.2) is 29.4 Å². The largest absolute Gasteiger partial charge is 0.396 e. The van der Waals surface area contributed by atoms with Crippen LogP contribution in [0.2, 0.25) is 15.2 Å². The molecule has 2 heterocycles. The molecule has 3 rings (SSSR count). The number of nitrogen functional groups attached to an aromatic ring is 1. The number of morpholine rings is 1. The molecule has 0 unspecified atom stereocenters. The minimum absolute atomic E-state index is 0.00302. The highest BCUT2D eigenvalue weighted by Gasteiger charge is 2.19. The van der Waals surface area contributed by atoms with Gasteiger partial charge in [-0.05, 0) is 24.6 Å². The van der Waals surface area contributed by atoms with Crippen LogP contribution in [0.1, 0.15) is 23.0 Å². The van der Waals surface area contributed by atoms with Gasteiger partial charge in [0.15, 0.2) is 10.8 Å². The molecule has 1 aromatic carbocycles. The molecule has 0 radical (unpaired) electrons. The van der Waals surface area contributed by atoms with Crippen LogP contribution in [0.5, 0.6) is 0 Å². The van der Waals surface area contributed by atoms with Gasteiger partial charge in [0.05, 0.1) is 29.6 Å². The summed E-state index contributed by atoms with van der Waals surface area (Å²) in [6.45, 7) is 4.96. The Labute approximate surface area is 177 Å². The van der Waals surface area contributed by atoms with Gasteiger partial charge in [-0.1, -0.05) is 46.9 Å². The zero-order valence-electron chi connectivity index (χ0n) is 15.0. The summed E-state index contributed by atoms with van der Waals surface area (Å²) in [4.78, 5) is 18.5. The van der Waals surface area contributed by atoms with Crippen LogP contribution in [0.25, 0.3) is 0 Å². The van der Waals surface area contributed by atoms with Gasteiger partial charge >= 0.3 is 0 Å². The fraction of sp³-hybridized carbons (Fsp3) is 0.278. The summed E-state index contributed by atoms with van der Waals surface area (Å²) in [6, 6.07) is 7.91. The van der Waals surface area contributed by atoms with Crippen LogP contribution in [-0.4, -0.2) is 42.9 Å². The summed E-state index contributed by atoms with van der Waals surface area (Å²) in [7, 11) is 0. The van der Waals surface area contributed by atoms with Crippen LogP contribution in [0.3, 0.4) is 0 Å². The number of halogens is 3. The second-order valence-corrected chi connectivity index (χ2v) is 7.19. The SMILES string of the molecule is C/C(=N\NC(=O)c1nc(Cl)c(Cl)c(N)c1Cl)c1ccc(N2CCOCC2)cc1. The molecule has 1 aliphatic rings. The molecule has 1 saturated heterocycles. The van der Waals surface area contributed by atoms with E-state index in [1.54, 1.807) is 6.92 Å². The number of aromatic nitrogens is 1. The first-order valence-corrected chi connectivity index (χ1v) is 9.59. The molecule has 10 heteroatoms. The average molecular weight is 443 g/mol. The molecule has 1 amide bonds. The van der Waals surface area contributed by atoms with Gasteiger partial charge in [0.1, 0.15) is 5.02 Å². The van der Waals surface area contributed by atoms with Crippen molar-refractivity contribution in [2.75, 3.05) is 36.9 Å². The second kappa shape index (κ2) is 8.96. The number of nitrogens with two attached hydrogens (primary N) is 1. The molecule has 3 N–H and O–H groups in total. The van der Waals surface area contributed by atoms with Gasteiger partial charge in [0, 0.05) is 18.8 Å². The number of nitrogens with zero attached hydrogens (tertiary/aromatic N) is 3. The number of pyridine rings is 1. The van der Waals surface area contributed by atoms with Crippen molar-refractivity contribution in [1.29, 1.82) is 0 Å². The number of nitrogens with one attached hydrogen (secondary N) is 1. The molecule has 1 aromatic heterocycles. The Hall–Kier alpha value is -2.06. The van der Waals surface area contributed by atoms with E-state index in [1.165, 1.54) is 0 Å². The van der Waals surface area contributed by atoms with E-state index in [9.17, 15) is 4.79 Å². The number of carbonyl (C=O) groups is 1. The van der Waals surface area contributed by atoms with Crippen LogP contribution >= 0.6 is 34.8 Å². The summed E-state index contributed by atoms with van der Waals surface area (Å²) in [5.41, 5.74) is 10.6. The number of ether oxygens (including phenoxy) is 1. The van der Waals surface area contributed by atoms with Crippen molar-refractivity contribution in [2.24, 2.45) is 5.10 Å². The smallest absolute Gasteiger partial charge is 0.291 e.